The number of benzene rings is 2. The van der Waals surface area contributed by atoms with Crippen molar-refractivity contribution in [3.8, 4) is 17.2 Å². The molecule has 2 aromatic carbocycles. The van der Waals surface area contributed by atoms with E-state index >= 15 is 0 Å². The van der Waals surface area contributed by atoms with Gasteiger partial charge in [-0.15, -0.1) is 0 Å². The van der Waals surface area contributed by atoms with Crippen LogP contribution in [0.15, 0.2) is 48.9 Å². The number of carbonyl (C=O) groups is 1. The molecular weight excluding hydrogens is 506 g/mol. The summed E-state index contributed by atoms with van der Waals surface area (Å²) in [6, 6.07) is 11.5. The molecule has 0 radical (unpaired) electrons. The van der Waals surface area contributed by atoms with Crippen molar-refractivity contribution in [3.63, 3.8) is 0 Å². The fraction of sp³-hybridized carbons (Fsp3) is 0.345. The van der Waals surface area contributed by atoms with Gasteiger partial charge in [-0.3, -0.25) is 0 Å². The van der Waals surface area contributed by atoms with Crippen molar-refractivity contribution in [2.45, 2.75) is 52.2 Å². The van der Waals surface area contributed by atoms with Gasteiger partial charge in [-0.05, 0) is 47.7 Å². The van der Waals surface area contributed by atoms with E-state index in [0.717, 1.165) is 59.2 Å². The second-order valence-electron chi connectivity index (χ2n) is 9.22. The number of hydrogen-bond donors (Lipinski definition) is 0. The van der Waals surface area contributed by atoms with Crippen LogP contribution in [0.5, 0.6) is 17.2 Å². The van der Waals surface area contributed by atoms with Gasteiger partial charge in [0.1, 0.15) is 11.3 Å². The zero-order chi connectivity index (χ0) is 26.6. The van der Waals surface area contributed by atoms with Crippen molar-refractivity contribution < 1.29 is 23.7 Å². The van der Waals surface area contributed by atoms with Gasteiger partial charge in [0.25, 0.3) is 0 Å². The van der Waals surface area contributed by atoms with Crippen LogP contribution in [0, 0.1) is 0 Å². The minimum Gasteiger partial charge on any atom is -0.473 e. The van der Waals surface area contributed by atoms with Crippen molar-refractivity contribution in [1.82, 2.24) is 14.5 Å². The first-order valence-electron chi connectivity index (χ1n) is 12.8. The Balaban J connectivity index is 1.54. The summed E-state index contributed by atoms with van der Waals surface area (Å²) in [5.41, 5.74) is 5.42. The maximum atomic E-state index is 12.9. The number of carbonyl (C=O) groups excluding carboxylic acids is 1. The van der Waals surface area contributed by atoms with Gasteiger partial charge in [0.2, 0.25) is 12.9 Å². The predicted octanol–water partition coefficient (Wildman–Crippen LogP) is 6.06. The number of methoxy groups -OCH3 is 1. The van der Waals surface area contributed by atoms with Gasteiger partial charge in [-0.25, -0.2) is 14.8 Å². The molecule has 0 saturated carbocycles. The topological polar surface area (TPSA) is 84.7 Å². The minimum absolute atomic E-state index is 0.152. The first-order chi connectivity index (χ1) is 18.5. The molecule has 2 aromatic heterocycles. The lowest BCUT2D eigenvalue weighted by Crippen LogP contribution is -2.21. The van der Waals surface area contributed by atoms with E-state index in [4.69, 9.17) is 30.5 Å². The van der Waals surface area contributed by atoms with Crippen LogP contribution in [-0.2, 0) is 28.9 Å². The Kier molecular flexibility index (Phi) is 7.69. The van der Waals surface area contributed by atoms with E-state index in [1.165, 1.54) is 7.11 Å². The van der Waals surface area contributed by atoms with E-state index in [2.05, 4.69) is 35.9 Å². The molecule has 3 heterocycles. The molecule has 0 amide bonds. The van der Waals surface area contributed by atoms with Crippen molar-refractivity contribution in [3.05, 3.63) is 76.3 Å². The highest BCUT2D eigenvalue weighted by atomic mass is 35.5. The van der Waals surface area contributed by atoms with E-state index in [1.807, 2.05) is 16.7 Å². The summed E-state index contributed by atoms with van der Waals surface area (Å²) in [6.45, 7) is 4.98. The average Bonchev–Trinajstić information content (AvgIpc) is 3.55. The molecule has 1 atom stereocenters. The second-order valence-corrected chi connectivity index (χ2v) is 9.58. The lowest BCUT2D eigenvalue weighted by molar-refractivity contribution is -0.149. The Morgan fingerprint density at radius 1 is 1.05 bits per heavy atom. The monoisotopic (exact) mass is 535 g/mol. The van der Waals surface area contributed by atoms with Crippen LogP contribution in [0.3, 0.4) is 0 Å². The SMILES string of the molecule is CCCc1cc(Cn2cnc3ccnc(Cl)c32)cc(CCC)c1OC(C(=O)OC)c1ccc2c(c1)OCO2. The van der Waals surface area contributed by atoms with Crippen LogP contribution < -0.4 is 14.2 Å². The molecular formula is C29H30ClN3O5. The summed E-state index contributed by atoms with van der Waals surface area (Å²) in [6.07, 6.45) is 5.92. The summed E-state index contributed by atoms with van der Waals surface area (Å²) in [4.78, 5) is 21.6. The van der Waals surface area contributed by atoms with Crippen molar-refractivity contribution in [1.29, 1.82) is 0 Å². The van der Waals surface area contributed by atoms with Crippen molar-refractivity contribution in [2.75, 3.05) is 13.9 Å². The average molecular weight is 536 g/mol. The van der Waals surface area contributed by atoms with Gasteiger partial charge in [0, 0.05) is 18.3 Å². The molecule has 8 nitrogen and oxygen atoms in total. The Labute approximate surface area is 226 Å². The largest absolute Gasteiger partial charge is 0.473 e. The van der Waals surface area contributed by atoms with Gasteiger partial charge in [0.15, 0.2) is 16.7 Å². The number of halogens is 1. The van der Waals surface area contributed by atoms with Crippen LogP contribution in [0.25, 0.3) is 11.0 Å². The van der Waals surface area contributed by atoms with E-state index in [9.17, 15) is 4.79 Å². The standard InChI is InChI=1S/C29H30ClN3O5/c1-4-6-19-12-18(15-33-16-32-22-10-11-31-28(30)25(22)33)13-20(7-5-2)26(19)38-27(29(34)35-3)21-8-9-23-24(14-21)37-17-36-23/h8-14,16,27H,4-7,15,17H2,1-3H3. The minimum atomic E-state index is -0.950. The molecule has 0 aliphatic carbocycles. The Bertz CT molecular complexity index is 1440. The molecule has 1 unspecified atom stereocenters. The summed E-state index contributed by atoms with van der Waals surface area (Å²) in [5.74, 6) is 1.46. The summed E-state index contributed by atoms with van der Waals surface area (Å²) < 4.78 is 24.7. The van der Waals surface area contributed by atoms with E-state index in [0.29, 0.717) is 28.8 Å². The quantitative estimate of drug-likeness (QED) is 0.180. The number of fused-ring (bicyclic) bond motifs is 2. The molecule has 0 fully saturated rings. The number of aryl methyl sites for hydroxylation is 2. The summed E-state index contributed by atoms with van der Waals surface area (Å²) in [5, 5.41) is 0.423. The number of rotatable bonds is 10. The number of hydrogen-bond acceptors (Lipinski definition) is 7. The van der Waals surface area contributed by atoms with Crippen LogP contribution in [0.2, 0.25) is 5.15 Å². The third kappa shape index (κ3) is 5.13. The predicted molar refractivity (Wildman–Crippen MR) is 144 cm³/mol. The molecule has 0 spiro atoms. The molecule has 198 valence electrons. The zero-order valence-electron chi connectivity index (χ0n) is 21.7. The fourth-order valence-corrected chi connectivity index (χ4v) is 5.09. The van der Waals surface area contributed by atoms with Gasteiger partial charge in [0.05, 0.1) is 19.0 Å². The van der Waals surface area contributed by atoms with Crippen LogP contribution in [-0.4, -0.2) is 34.4 Å². The number of pyridine rings is 1. The smallest absolute Gasteiger partial charge is 0.351 e. The molecule has 1 aliphatic heterocycles. The molecule has 9 heteroatoms. The molecule has 38 heavy (non-hydrogen) atoms. The van der Waals surface area contributed by atoms with Crippen molar-refractivity contribution >= 4 is 28.6 Å². The van der Waals surface area contributed by atoms with Crippen LogP contribution >= 0.6 is 11.6 Å². The normalized spacial score (nSPS) is 13.1. The Morgan fingerprint density at radius 3 is 2.50 bits per heavy atom. The Hall–Kier alpha value is -3.78. The molecule has 4 aromatic rings. The van der Waals surface area contributed by atoms with Gasteiger partial charge in [-0.1, -0.05) is 56.5 Å². The summed E-state index contributed by atoms with van der Waals surface area (Å²) >= 11 is 6.40. The molecule has 1 aliphatic rings. The lowest BCUT2D eigenvalue weighted by atomic mass is 9.97. The maximum Gasteiger partial charge on any atom is 0.351 e. The number of imidazole rings is 1. The molecule has 0 saturated heterocycles. The van der Waals surface area contributed by atoms with Gasteiger partial charge < -0.3 is 23.5 Å². The molecule has 0 bridgehead atoms. The number of aromatic nitrogens is 3. The second kappa shape index (κ2) is 11.3. The van der Waals surface area contributed by atoms with Gasteiger partial charge in [-0.2, -0.15) is 0 Å². The van der Waals surface area contributed by atoms with Crippen molar-refractivity contribution in [2.24, 2.45) is 0 Å². The number of nitrogens with zero attached hydrogens (tertiary/aromatic N) is 3. The number of esters is 1. The maximum absolute atomic E-state index is 12.9. The first-order valence-corrected chi connectivity index (χ1v) is 13.1. The molecule has 0 N–H and O–H groups in total. The third-order valence-corrected chi connectivity index (χ3v) is 6.80. The highest BCUT2D eigenvalue weighted by Crippen LogP contribution is 2.38. The van der Waals surface area contributed by atoms with Gasteiger partial charge >= 0.3 is 5.97 Å². The van der Waals surface area contributed by atoms with E-state index in [-0.39, 0.29) is 6.79 Å². The lowest BCUT2D eigenvalue weighted by Gasteiger charge is -2.23. The van der Waals surface area contributed by atoms with Crippen LogP contribution in [0.4, 0.5) is 0 Å². The number of ether oxygens (including phenoxy) is 4. The van der Waals surface area contributed by atoms with E-state index < -0.39 is 12.1 Å². The Morgan fingerprint density at radius 2 is 1.79 bits per heavy atom. The fourth-order valence-electron chi connectivity index (χ4n) is 4.83. The zero-order valence-corrected chi connectivity index (χ0v) is 22.5. The van der Waals surface area contributed by atoms with E-state index in [1.54, 1.807) is 24.7 Å². The van der Waals surface area contributed by atoms with Crippen LogP contribution in [0.1, 0.15) is 55.0 Å². The first kappa shape index (κ1) is 25.9. The molecule has 5 rings (SSSR count). The highest BCUT2D eigenvalue weighted by molar-refractivity contribution is 6.33. The summed E-state index contributed by atoms with van der Waals surface area (Å²) in [7, 11) is 1.37. The highest BCUT2D eigenvalue weighted by Gasteiger charge is 2.28. The third-order valence-electron chi connectivity index (χ3n) is 6.53.